The van der Waals surface area contributed by atoms with E-state index in [0.29, 0.717) is 0 Å². The normalized spacial score (nSPS) is 25.4. The summed E-state index contributed by atoms with van der Waals surface area (Å²) in [6, 6.07) is 0. The fourth-order valence-corrected chi connectivity index (χ4v) is 10.4. The van der Waals surface area contributed by atoms with Crippen LogP contribution in [0.1, 0.15) is 60.8 Å². The van der Waals surface area contributed by atoms with Gasteiger partial charge in [0.1, 0.15) is 0 Å². The first-order valence-electron chi connectivity index (χ1n) is 13.5. The van der Waals surface area contributed by atoms with Gasteiger partial charge in [0.25, 0.3) is 0 Å². The van der Waals surface area contributed by atoms with Crippen LogP contribution in [0.15, 0.2) is 58.7 Å². The summed E-state index contributed by atoms with van der Waals surface area (Å²) in [5, 5.41) is 15.8. The highest BCUT2D eigenvalue weighted by Crippen LogP contribution is 2.61. The Labute approximate surface area is 218 Å². The van der Waals surface area contributed by atoms with Crippen molar-refractivity contribution in [1.82, 2.24) is 21.3 Å². The Bertz CT molecular complexity index is 885. The minimum atomic E-state index is -0.254. The van der Waals surface area contributed by atoms with E-state index in [4.69, 9.17) is 0 Å². The molecule has 0 aromatic carbocycles. The van der Waals surface area contributed by atoms with Crippen LogP contribution in [0.2, 0.25) is 0 Å². The van der Waals surface area contributed by atoms with Gasteiger partial charge in [0, 0.05) is 0 Å². The first kappa shape index (κ1) is 27.4. The van der Waals surface area contributed by atoms with Gasteiger partial charge in [0.05, 0.1) is 17.5 Å². The average molecular weight is 515 g/mol. The molecule has 0 amide bonds. The lowest BCUT2D eigenvalue weighted by Crippen LogP contribution is -2.71. The van der Waals surface area contributed by atoms with Crippen molar-refractivity contribution in [1.29, 1.82) is 0 Å². The highest BCUT2D eigenvalue weighted by Gasteiger charge is 2.48. The molecular formula is C29H48N4P2. The molecule has 2 aliphatic heterocycles. The molecule has 0 radical (unpaired) electrons. The average Bonchev–Trinajstić information content (AvgIpc) is 3.27. The number of hydrogen-bond acceptors (Lipinski definition) is 4. The molecule has 35 heavy (non-hydrogen) atoms. The van der Waals surface area contributed by atoms with Crippen LogP contribution in [0, 0.1) is 0 Å². The van der Waals surface area contributed by atoms with Gasteiger partial charge in [-0.2, -0.15) is 0 Å². The van der Waals surface area contributed by atoms with E-state index in [0.717, 1.165) is 38.8 Å². The molecular weight excluding hydrogens is 466 g/mol. The number of nitrogens with one attached hydrogen (secondary N) is 4. The summed E-state index contributed by atoms with van der Waals surface area (Å²) < 4.78 is 0. The summed E-state index contributed by atoms with van der Waals surface area (Å²) in [4.78, 5) is 0. The molecule has 0 aromatic heterocycles. The Morgan fingerprint density at radius 1 is 0.829 bits per heavy atom. The molecule has 0 spiro atoms. The van der Waals surface area contributed by atoms with Crippen LogP contribution in [0.5, 0.6) is 0 Å². The molecule has 0 aromatic rings. The van der Waals surface area contributed by atoms with Crippen LogP contribution in [-0.4, -0.2) is 60.1 Å². The maximum atomic E-state index is 3.85. The van der Waals surface area contributed by atoms with Gasteiger partial charge in [-0.05, 0) is 84.2 Å². The van der Waals surface area contributed by atoms with E-state index in [1.807, 2.05) is 0 Å². The molecule has 2 aliphatic carbocycles. The minimum Gasteiger partial charge on any atom is -0.301 e. The molecule has 194 valence electrons. The predicted octanol–water partition coefficient (Wildman–Crippen LogP) is 5.18. The number of hydrogen-bond donors (Lipinski definition) is 4. The lowest BCUT2D eigenvalue weighted by Gasteiger charge is -2.50. The van der Waals surface area contributed by atoms with Crippen molar-refractivity contribution in [3.63, 3.8) is 0 Å². The van der Waals surface area contributed by atoms with E-state index >= 15 is 0 Å². The van der Waals surface area contributed by atoms with Gasteiger partial charge in [-0.1, -0.05) is 85.9 Å². The van der Waals surface area contributed by atoms with Crippen molar-refractivity contribution in [3.8, 4) is 0 Å². The Morgan fingerprint density at radius 2 is 1.37 bits per heavy atom. The van der Waals surface area contributed by atoms with E-state index in [2.05, 4.69) is 109 Å². The molecule has 1 atom stereocenters. The van der Waals surface area contributed by atoms with Crippen LogP contribution in [-0.2, 0) is 0 Å². The molecule has 4 aliphatic rings. The molecule has 2 saturated heterocycles. The van der Waals surface area contributed by atoms with E-state index in [1.165, 1.54) is 35.1 Å². The summed E-state index contributed by atoms with van der Waals surface area (Å²) >= 11 is 0. The topological polar surface area (TPSA) is 48.1 Å². The molecule has 2 heterocycles. The number of rotatable bonds is 5. The molecule has 4 N–H and O–H groups in total. The molecule has 0 bridgehead atoms. The van der Waals surface area contributed by atoms with Crippen LogP contribution in [0.3, 0.4) is 0 Å². The fraction of sp³-hybridized carbons (Fsp3) is 0.655. The standard InChI is InChI=1S/C29H48N4P2/c1-27(2,3)35(28(4,5)6)20-23-18-22(21-12-8-7-9-13-21)19-24(23)29(34,25-30-14-10-15-31-25)26-32-16-11-17-33-26/h7-9,12,18-19,25-26,30-33H,10-11,13-17,20,34H2,1-6H3. The summed E-state index contributed by atoms with van der Waals surface area (Å²) in [6.07, 6.45) is 18.9. The predicted molar refractivity (Wildman–Crippen MR) is 159 cm³/mol. The van der Waals surface area contributed by atoms with E-state index in [9.17, 15) is 0 Å². The third-order valence-electron chi connectivity index (χ3n) is 7.70. The SMILES string of the molecule is CC(C)(C)P(CC1=CC(=C2C=CC=CC2)C=C1C(P)(C1NCCCN1)C1NCCCN1)C(C)(C)C. The van der Waals surface area contributed by atoms with Gasteiger partial charge in [-0.25, -0.2) is 0 Å². The van der Waals surface area contributed by atoms with Gasteiger partial charge in [-0.15, -0.1) is 9.24 Å². The second-order valence-corrected chi connectivity index (χ2v) is 17.3. The highest BCUT2D eigenvalue weighted by molar-refractivity contribution is 7.61. The Morgan fingerprint density at radius 3 is 1.83 bits per heavy atom. The maximum absolute atomic E-state index is 3.85. The van der Waals surface area contributed by atoms with Gasteiger partial charge < -0.3 is 21.3 Å². The molecule has 4 nitrogen and oxygen atoms in total. The van der Waals surface area contributed by atoms with Gasteiger partial charge in [0.2, 0.25) is 0 Å². The van der Waals surface area contributed by atoms with Crippen molar-refractivity contribution in [2.45, 2.75) is 88.6 Å². The lowest BCUT2D eigenvalue weighted by atomic mass is 9.86. The number of allylic oxidation sites excluding steroid dienone is 9. The lowest BCUT2D eigenvalue weighted by molar-refractivity contribution is 0.230. The third-order valence-corrected chi connectivity index (χ3v) is 12.6. The van der Waals surface area contributed by atoms with Crippen molar-refractivity contribution in [3.05, 3.63) is 58.7 Å². The largest absolute Gasteiger partial charge is 0.301 e. The summed E-state index contributed by atoms with van der Waals surface area (Å²) in [5.74, 6) is 0. The summed E-state index contributed by atoms with van der Waals surface area (Å²) in [5.41, 5.74) is 5.83. The van der Waals surface area contributed by atoms with Crippen LogP contribution in [0.4, 0.5) is 0 Å². The van der Waals surface area contributed by atoms with Crippen molar-refractivity contribution in [2.24, 2.45) is 0 Å². The van der Waals surface area contributed by atoms with Crippen molar-refractivity contribution < 1.29 is 0 Å². The van der Waals surface area contributed by atoms with E-state index in [1.54, 1.807) is 0 Å². The zero-order chi connectivity index (χ0) is 25.3. The van der Waals surface area contributed by atoms with Crippen molar-refractivity contribution in [2.75, 3.05) is 32.3 Å². The summed E-state index contributed by atoms with van der Waals surface area (Å²) in [7, 11) is 3.09. The van der Waals surface area contributed by atoms with Crippen LogP contribution < -0.4 is 21.3 Å². The first-order chi connectivity index (χ1) is 16.5. The van der Waals surface area contributed by atoms with Crippen LogP contribution >= 0.6 is 17.2 Å². The van der Waals surface area contributed by atoms with E-state index < -0.39 is 0 Å². The molecule has 4 rings (SSSR count). The quantitative estimate of drug-likeness (QED) is 0.382. The zero-order valence-corrected chi connectivity index (χ0v) is 24.8. The Balaban J connectivity index is 1.81. The fourth-order valence-electron chi connectivity index (χ4n) is 6.11. The maximum Gasteiger partial charge on any atom is 0.0735 e. The second-order valence-electron chi connectivity index (χ2n) is 12.4. The molecule has 0 saturated carbocycles. The van der Waals surface area contributed by atoms with Crippen molar-refractivity contribution >= 4 is 17.2 Å². The van der Waals surface area contributed by atoms with Gasteiger partial charge in [-0.3, -0.25) is 0 Å². The van der Waals surface area contributed by atoms with E-state index in [-0.39, 0.29) is 35.7 Å². The Hall–Kier alpha value is -0.600. The van der Waals surface area contributed by atoms with Gasteiger partial charge in [0.15, 0.2) is 0 Å². The van der Waals surface area contributed by atoms with Crippen LogP contribution in [0.25, 0.3) is 0 Å². The zero-order valence-electron chi connectivity index (χ0n) is 22.8. The highest BCUT2D eigenvalue weighted by atomic mass is 31.1. The first-order valence-corrected chi connectivity index (χ1v) is 15.6. The summed E-state index contributed by atoms with van der Waals surface area (Å²) in [6.45, 7) is 18.9. The minimum absolute atomic E-state index is 0.194. The van der Waals surface area contributed by atoms with Gasteiger partial charge >= 0.3 is 0 Å². The second kappa shape index (κ2) is 11.0. The molecule has 2 fully saturated rings. The smallest absolute Gasteiger partial charge is 0.0735 e. The molecule has 6 heteroatoms. The Kier molecular flexibility index (Phi) is 8.64. The monoisotopic (exact) mass is 514 g/mol. The third kappa shape index (κ3) is 6.11. The molecule has 1 unspecified atom stereocenters.